The number of hydrogen-bond donors (Lipinski definition) is 1. The summed E-state index contributed by atoms with van der Waals surface area (Å²) in [5.74, 6) is 0. The number of hydrogen-bond acceptors (Lipinski definition) is 4. The van der Waals surface area contributed by atoms with E-state index in [4.69, 9.17) is 21.1 Å². The summed E-state index contributed by atoms with van der Waals surface area (Å²) >= 11 is 7.51. The molecule has 1 unspecified atom stereocenters. The van der Waals surface area contributed by atoms with Crippen LogP contribution in [0.15, 0.2) is 12.1 Å². The Bertz CT molecular complexity index is 306. The summed E-state index contributed by atoms with van der Waals surface area (Å²) in [6, 6.07) is 4.32. The van der Waals surface area contributed by atoms with E-state index in [1.54, 1.807) is 18.4 Å². The van der Waals surface area contributed by atoms with Crippen molar-refractivity contribution < 1.29 is 9.47 Å². The van der Waals surface area contributed by atoms with E-state index in [1.165, 1.54) is 4.88 Å². The molecule has 0 fully saturated rings. The Labute approximate surface area is 112 Å². The third kappa shape index (κ3) is 6.38. The molecule has 0 saturated heterocycles. The van der Waals surface area contributed by atoms with Gasteiger partial charge in [0.05, 0.1) is 10.9 Å². The van der Waals surface area contributed by atoms with Crippen molar-refractivity contribution >= 4 is 22.9 Å². The fraction of sp³-hybridized carbons (Fsp3) is 0.667. The summed E-state index contributed by atoms with van der Waals surface area (Å²) in [5.41, 5.74) is 0. The van der Waals surface area contributed by atoms with Crippen molar-refractivity contribution in [2.75, 3.05) is 33.5 Å². The largest absolute Gasteiger partial charge is 0.385 e. The van der Waals surface area contributed by atoms with E-state index in [9.17, 15) is 0 Å². The molecule has 1 atom stereocenters. The molecule has 0 radical (unpaired) electrons. The molecule has 98 valence electrons. The second-order valence-electron chi connectivity index (χ2n) is 3.78. The van der Waals surface area contributed by atoms with Gasteiger partial charge in [0, 0.05) is 37.8 Å². The molecule has 0 aliphatic rings. The molecule has 5 heteroatoms. The minimum absolute atomic E-state index is 0.329. The third-order valence-electron chi connectivity index (χ3n) is 2.35. The van der Waals surface area contributed by atoms with Crippen LogP contribution < -0.4 is 5.32 Å². The maximum Gasteiger partial charge on any atom is 0.0931 e. The number of methoxy groups -OCH3 is 1. The van der Waals surface area contributed by atoms with E-state index >= 15 is 0 Å². The predicted octanol–water partition coefficient (Wildman–Crippen LogP) is 3.11. The number of rotatable bonds is 9. The zero-order valence-corrected chi connectivity index (χ0v) is 11.9. The second kappa shape index (κ2) is 8.89. The van der Waals surface area contributed by atoms with Crippen LogP contribution in [0, 0.1) is 0 Å². The first-order chi connectivity index (χ1) is 8.24. The zero-order chi connectivity index (χ0) is 12.5. The van der Waals surface area contributed by atoms with Gasteiger partial charge >= 0.3 is 0 Å². The quantitative estimate of drug-likeness (QED) is 0.704. The highest BCUT2D eigenvalue weighted by molar-refractivity contribution is 7.16. The van der Waals surface area contributed by atoms with Gasteiger partial charge in [-0.2, -0.15) is 0 Å². The van der Waals surface area contributed by atoms with Crippen LogP contribution in [0.25, 0.3) is 0 Å². The first kappa shape index (κ1) is 14.9. The van der Waals surface area contributed by atoms with Crippen LogP contribution in [0.3, 0.4) is 0 Å². The molecule has 0 amide bonds. The molecule has 0 bridgehead atoms. The highest BCUT2D eigenvalue weighted by atomic mass is 35.5. The van der Waals surface area contributed by atoms with E-state index in [2.05, 4.69) is 18.3 Å². The van der Waals surface area contributed by atoms with Crippen molar-refractivity contribution in [3.05, 3.63) is 21.3 Å². The van der Waals surface area contributed by atoms with Gasteiger partial charge < -0.3 is 14.8 Å². The van der Waals surface area contributed by atoms with Gasteiger partial charge in [0.25, 0.3) is 0 Å². The molecule has 1 N–H and O–H groups in total. The Morgan fingerprint density at radius 1 is 1.35 bits per heavy atom. The van der Waals surface area contributed by atoms with Crippen LogP contribution in [-0.2, 0) is 9.47 Å². The molecule has 0 aliphatic carbocycles. The fourth-order valence-electron chi connectivity index (χ4n) is 1.42. The van der Waals surface area contributed by atoms with Crippen LogP contribution >= 0.6 is 22.9 Å². The van der Waals surface area contributed by atoms with Crippen LogP contribution in [0.4, 0.5) is 0 Å². The minimum Gasteiger partial charge on any atom is -0.385 e. The van der Waals surface area contributed by atoms with Crippen molar-refractivity contribution in [2.24, 2.45) is 0 Å². The predicted molar refractivity (Wildman–Crippen MR) is 73.1 cm³/mol. The van der Waals surface area contributed by atoms with Crippen LogP contribution in [-0.4, -0.2) is 33.5 Å². The van der Waals surface area contributed by atoms with Crippen molar-refractivity contribution in [1.29, 1.82) is 0 Å². The van der Waals surface area contributed by atoms with Crippen molar-refractivity contribution in [2.45, 2.75) is 19.4 Å². The Balaban J connectivity index is 2.03. The Hall–Kier alpha value is -0.130. The number of nitrogens with one attached hydrogen (secondary N) is 1. The summed E-state index contributed by atoms with van der Waals surface area (Å²) in [5, 5.41) is 3.40. The summed E-state index contributed by atoms with van der Waals surface area (Å²) in [4.78, 5) is 1.26. The van der Waals surface area contributed by atoms with Crippen LogP contribution in [0.1, 0.15) is 24.3 Å². The van der Waals surface area contributed by atoms with Crippen molar-refractivity contribution in [3.8, 4) is 0 Å². The monoisotopic (exact) mass is 277 g/mol. The maximum atomic E-state index is 5.89. The van der Waals surface area contributed by atoms with Gasteiger partial charge in [-0.3, -0.25) is 0 Å². The lowest BCUT2D eigenvalue weighted by Crippen LogP contribution is -2.22. The molecular formula is C12H20ClNO2S. The number of ether oxygens (including phenoxy) is 2. The molecule has 3 nitrogen and oxygen atoms in total. The third-order valence-corrected chi connectivity index (χ3v) is 3.77. The molecule has 1 heterocycles. The van der Waals surface area contributed by atoms with E-state index in [0.29, 0.717) is 6.04 Å². The minimum atomic E-state index is 0.329. The topological polar surface area (TPSA) is 30.5 Å². The number of thiophene rings is 1. The van der Waals surface area contributed by atoms with Gasteiger partial charge in [0.15, 0.2) is 0 Å². The highest BCUT2D eigenvalue weighted by Gasteiger charge is 2.06. The van der Waals surface area contributed by atoms with Gasteiger partial charge in [0.1, 0.15) is 0 Å². The molecule has 0 aliphatic heterocycles. The summed E-state index contributed by atoms with van der Waals surface area (Å²) < 4.78 is 11.2. The molecule has 0 aromatic carbocycles. The molecule has 1 rings (SSSR count). The van der Waals surface area contributed by atoms with Gasteiger partial charge in [-0.25, -0.2) is 0 Å². The van der Waals surface area contributed by atoms with E-state index in [0.717, 1.165) is 37.1 Å². The van der Waals surface area contributed by atoms with E-state index < -0.39 is 0 Å². The standard InChI is InChI=1S/C12H20ClNO2S/c1-10(11-4-5-12(13)17-11)14-6-9-16-8-3-7-15-2/h4-5,10,14H,3,6-9H2,1-2H3. The summed E-state index contributed by atoms with van der Waals surface area (Å²) in [6.07, 6.45) is 0.951. The first-order valence-corrected chi connectivity index (χ1v) is 6.98. The van der Waals surface area contributed by atoms with E-state index in [-0.39, 0.29) is 0 Å². The first-order valence-electron chi connectivity index (χ1n) is 5.79. The van der Waals surface area contributed by atoms with Gasteiger partial charge in [-0.05, 0) is 25.5 Å². The average molecular weight is 278 g/mol. The van der Waals surface area contributed by atoms with Gasteiger partial charge in [-0.15, -0.1) is 11.3 Å². The maximum absolute atomic E-state index is 5.89. The zero-order valence-electron chi connectivity index (χ0n) is 10.4. The molecule has 17 heavy (non-hydrogen) atoms. The molecule has 0 saturated carbocycles. The Morgan fingerprint density at radius 2 is 2.18 bits per heavy atom. The van der Waals surface area contributed by atoms with Crippen molar-refractivity contribution in [1.82, 2.24) is 5.32 Å². The Morgan fingerprint density at radius 3 is 2.82 bits per heavy atom. The fourth-order valence-corrected chi connectivity index (χ4v) is 2.50. The van der Waals surface area contributed by atoms with E-state index in [1.807, 2.05) is 6.07 Å². The smallest absolute Gasteiger partial charge is 0.0931 e. The van der Waals surface area contributed by atoms with Gasteiger partial charge in [-0.1, -0.05) is 11.6 Å². The number of halogens is 1. The molecule has 1 aromatic heterocycles. The molecule has 0 spiro atoms. The molecular weight excluding hydrogens is 258 g/mol. The molecule has 1 aromatic rings. The second-order valence-corrected chi connectivity index (χ2v) is 5.52. The lowest BCUT2D eigenvalue weighted by atomic mass is 10.3. The highest BCUT2D eigenvalue weighted by Crippen LogP contribution is 2.26. The van der Waals surface area contributed by atoms with Gasteiger partial charge in [0.2, 0.25) is 0 Å². The summed E-state index contributed by atoms with van der Waals surface area (Å²) in [7, 11) is 1.70. The lowest BCUT2D eigenvalue weighted by molar-refractivity contribution is 0.103. The summed E-state index contributed by atoms with van der Waals surface area (Å²) in [6.45, 7) is 5.23. The Kier molecular flexibility index (Phi) is 7.81. The normalized spacial score (nSPS) is 12.9. The van der Waals surface area contributed by atoms with Crippen LogP contribution in [0.5, 0.6) is 0 Å². The van der Waals surface area contributed by atoms with Crippen LogP contribution in [0.2, 0.25) is 4.34 Å². The lowest BCUT2D eigenvalue weighted by Gasteiger charge is -2.12. The SMILES string of the molecule is COCCCOCCNC(C)c1ccc(Cl)s1. The average Bonchev–Trinajstić information content (AvgIpc) is 2.74. The van der Waals surface area contributed by atoms with Crippen molar-refractivity contribution in [3.63, 3.8) is 0 Å².